The first kappa shape index (κ1) is 13.5. The number of hydrogen-bond acceptors (Lipinski definition) is 4. The van der Waals surface area contributed by atoms with Gasteiger partial charge < -0.3 is 5.32 Å². The highest BCUT2D eigenvalue weighted by molar-refractivity contribution is 9.11. The summed E-state index contributed by atoms with van der Waals surface area (Å²) < 4.78 is 1.23. The number of piperazine rings is 1. The highest BCUT2D eigenvalue weighted by atomic mass is 79.9. The van der Waals surface area contributed by atoms with Gasteiger partial charge in [-0.25, -0.2) is 0 Å². The predicted octanol–water partition coefficient (Wildman–Crippen LogP) is 1.85. The maximum atomic E-state index is 3.51. The molecule has 0 radical (unpaired) electrons. The van der Waals surface area contributed by atoms with Crippen LogP contribution in [0.3, 0.4) is 0 Å². The van der Waals surface area contributed by atoms with E-state index in [2.05, 4.69) is 50.2 Å². The van der Waals surface area contributed by atoms with E-state index in [9.17, 15) is 0 Å². The van der Waals surface area contributed by atoms with Crippen molar-refractivity contribution in [3.63, 3.8) is 0 Å². The van der Waals surface area contributed by atoms with Gasteiger partial charge in [-0.05, 0) is 41.5 Å². The second kappa shape index (κ2) is 6.85. The number of nitrogens with one attached hydrogen (secondary N) is 1. The van der Waals surface area contributed by atoms with Crippen LogP contribution in [-0.2, 0) is 6.42 Å². The molecule has 3 nitrogen and oxygen atoms in total. The molecule has 1 aliphatic heterocycles. The predicted molar refractivity (Wildman–Crippen MR) is 77.7 cm³/mol. The van der Waals surface area contributed by atoms with Gasteiger partial charge in [0.2, 0.25) is 0 Å². The lowest BCUT2D eigenvalue weighted by Crippen LogP contribution is -2.47. The zero-order chi connectivity index (χ0) is 12.1. The van der Waals surface area contributed by atoms with Crippen molar-refractivity contribution in [1.29, 1.82) is 0 Å². The quantitative estimate of drug-likeness (QED) is 0.894. The van der Waals surface area contributed by atoms with Crippen LogP contribution < -0.4 is 5.32 Å². The SMILES string of the molecule is CN(CCc1ccc(Br)s1)CN1CCNCC1. The van der Waals surface area contributed by atoms with E-state index in [1.165, 1.54) is 21.8 Å². The molecule has 1 saturated heterocycles. The molecule has 1 aromatic rings. The van der Waals surface area contributed by atoms with E-state index < -0.39 is 0 Å². The van der Waals surface area contributed by atoms with Gasteiger partial charge in [-0.15, -0.1) is 11.3 Å². The number of hydrogen-bond donors (Lipinski definition) is 1. The Bertz CT molecular complexity index is 336. The van der Waals surface area contributed by atoms with Crippen LogP contribution in [0.25, 0.3) is 0 Å². The molecule has 0 spiro atoms. The molecule has 96 valence electrons. The van der Waals surface area contributed by atoms with E-state index >= 15 is 0 Å². The Hall–Kier alpha value is 0.0600. The summed E-state index contributed by atoms with van der Waals surface area (Å²) in [6, 6.07) is 4.35. The zero-order valence-corrected chi connectivity index (χ0v) is 12.7. The van der Waals surface area contributed by atoms with E-state index in [0.717, 1.165) is 32.7 Å². The van der Waals surface area contributed by atoms with Gasteiger partial charge in [0.1, 0.15) is 0 Å². The Morgan fingerprint density at radius 3 is 2.82 bits per heavy atom. The summed E-state index contributed by atoms with van der Waals surface area (Å²) in [5, 5.41) is 3.38. The number of nitrogens with zero attached hydrogens (tertiary/aromatic N) is 2. The minimum atomic E-state index is 1.09. The van der Waals surface area contributed by atoms with E-state index in [4.69, 9.17) is 0 Å². The summed E-state index contributed by atoms with van der Waals surface area (Å²) in [7, 11) is 2.21. The maximum Gasteiger partial charge on any atom is 0.0701 e. The molecule has 17 heavy (non-hydrogen) atoms. The van der Waals surface area contributed by atoms with Crippen LogP contribution in [0.5, 0.6) is 0 Å². The third kappa shape index (κ3) is 4.67. The molecule has 1 aromatic heterocycles. The average molecular weight is 318 g/mol. The van der Waals surface area contributed by atoms with Crippen molar-refractivity contribution in [1.82, 2.24) is 15.1 Å². The molecule has 0 unspecified atom stereocenters. The largest absolute Gasteiger partial charge is 0.314 e. The molecule has 2 rings (SSSR count). The van der Waals surface area contributed by atoms with Crippen LogP contribution in [0, 0.1) is 0 Å². The van der Waals surface area contributed by atoms with Gasteiger partial charge in [-0.2, -0.15) is 0 Å². The van der Waals surface area contributed by atoms with Crippen molar-refractivity contribution in [3.05, 3.63) is 20.8 Å². The van der Waals surface area contributed by atoms with E-state index in [1.54, 1.807) is 0 Å². The normalized spacial score (nSPS) is 17.8. The van der Waals surface area contributed by atoms with Crippen molar-refractivity contribution in [3.8, 4) is 0 Å². The highest BCUT2D eigenvalue weighted by Gasteiger charge is 2.11. The molecule has 1 fully saturated rings. The topological polar surface area (TPSA) is 18.5 Å². The van der Waals surface area contributed by atoms with Gasteiger partial charge >= 0.3 is 0 Å². The van der Waals surface area contributed by atoms with Crippen LogP contribution in [-0.4, -0.2) is 56.2 Å². The number of likely N-dealkylation sites (N-methyl/N-ethyl adjacent to an activating group) is 1. The van der Waals surface area contributed by atoms with E-state index in [0.29, 0.717) is 0 Å². The number of thiophene rings is 1. The fourth-order valence-electron chi connectivity index (χ4n) is 2.05. The average Bonchev–Trinajstić information content (AvgIpc) is 2.74. The van der Waals surface area contributed by atoms with Crippen molar-refractivity contribution >= 4 is 27.3 Å². The molecule has 0 saturated carbocycles. The summed E-state index contributed by atoms with van der Waals surface area (Å²) in [4.78, 5) is 6.39. The molecular formula is C12H20BrN3S. The number of rotatable bonds is 5. The van der Waals surface area contributed by atoms with Gasteiger partial charge in [0.25, 0.3) is 0 Å². The molecule has 2 heterocycles. The Balaban J connectivity index is 1.68. The fourth-order valence-corrected chi connectivity index (χ4v) is 3.52. The summed E-state index contributed by atoms with van der Waals surface area (Å²) in [6.45, 7) is 6.84. The smallest absolute Gasteiger partial charge is 0.0701 e. The summed E-state index contributed by atoms with van der Waals surface area (Å²) >= 11 is 5.35. The minimum Gasteiger partial charge on any atom is -0.314 e. The van der Waals surface area contributed by atoms with Crippen molar-refractivity contribution in [2.24, 2.45) is 0 Å². The van der Waals surface area contributed by atoms with Crippen LogP contribution in [0.1, 0.15) is 4.88 Å². The molecule has 0 atom stereocenters. The van der Waals surface area contributed by atoms with Gasteiger partial charge in [-0.1, -0.05) is 0 Å². The first-order valence-electron chi connectivity index (χ1n) is 6.10. The van der Waals surface area contributed by atoms with Gasteiger partial charge in [0, 0.05) is 37.6 Å². The maximum absolute atomic E-state index is 3.51. The van der Waals surface area contributed by atoms with Gasteiger partial charge in [0.05, 0.1) is 10.5 Å². The third-order valence-electron chi connectivity index (χ3n) is 3.02. The third-order valence-corrected chi connectivity index (χ3v) is 4.70. The van der Waals surface area contributed by atoms with Crippen molar-refractivity contribution < 1.29 is 0 Å². The summed E-state index contributed by atoms with van der Waals surface area (Å²) in [6.07, 6.45) is 1.15. The molecule has 0 bridgehead atoms. The van der Waals surface area contributed by atoms with Crippen LogP contribution in [0.2, 0.25) is 0 Å². The summed E-state index contributed by atoms with van der Waals surface area (Å²) in [5.41, 5.74) is 0. The molecular weight excluding hydrogens is 298 g/mol. The van der Waals surface area contributed by atoms with E-state index in [-0.39, 0.29) is 0 Å². The number of halogens is 1. The van der Waals surface area contributed by atoms with Crippen molar-refractivity contribution in [2.45, 2.75) is 6.42 Å². The molecule has 1 N–H and O–H groups in total. The lowest BCUT2D eigenvalue weighted by Gasteiger charge is -2.31. The molecule has 0 aliphatic carbocycles. The lowest BCUT2D eigenvalue weighted by molar-refractivity contribution is 0.141. The molecule has 0 amide bonds. The first-order chi connectivity index (χ1) is 8.24. The van der Waals surface area contributed by atoms with Gasteiger partial charge in [-0.3, -0.25) is 9.80 Å². The van der Waals surface area contributed by atoms with E-state index in [1.807, 2.05) is 11.3 Å². The Kier molecular flexibility index (Phi) is 5.44. The Labute approximate surface area is 116 Å². The second-order valence-electron chi connectivity index (χ2n) is 4.54. The lowest BCUT2D eigenvalue weighted by atomic mass is 10.3. The molecule has 0 aromatic carbocycles. The zero-order valence-electron chi connectivity index (χ0n) is 10.3. The van der Waals surface area contributed by atoms with Crippen LogP contribution in [0.4, 0.5) is 0 Å². The van der Waals surface area contributed by atoms with Gasteiger partial charge in [0.15, 0.2) is 0 Å². The minimum absolute atomic E-state index is 1.09. The fraction of sp³-hybridized carbons (Fsp3) is 0.667. The Morgan fingerprint density at radius 1 is 1.41 bits per heavy atom. The first-order valence-corrected chi connectivity index (χ1v) is 7.71. The monoisotopic (exact) mass is 317 g/mol. The molecule has 5 heteroatoms. The highest BCUT2D eigenvalue weighted by Crippen LogP contribution is 2.22. The van der Waals surface area contributed by atoms with Crippen LogP contribution in [0.15, 0.2) is 15.9 Å². The Morgan fingerprint density at radius 2 is 2.18 bits per heavy atom. The van der Waals surface area contributed by atoms with Crippen molar-refractivity contribution in [2.75, 3.05) is 46.4 Å². The standard InChI is InChI=1S/C12H20BrN3S/c1-15(10-16-8-5-14-6-9-16)7-4-11-2-3-12(13)17-11/h2-3,14H,4-10H2,1H3. The second-order valence-corrected chi connectivity index (χ2v) is 7.09. The molecule has 1 aliphatic rings. The van der Waals surface area contributed by atoms with Crippen LogP contribution >= 0.6 is 27.3 Å². The summed E-state index contributed by atoms with van der Waals surface area (Å²) in [5.74, 6) is 0.